The summed E-state index contributed by atoms with van der Waals surface area (Å²) in [5.41, 5.74) is 5.13. The minimum atomic E-state index is -0.146. The Kier molecular flexibility index (Phi) is 5.69. The number of hydrogen-bond donors (Lipinski definition) is 1. The summed E-state index contributed by atoms with van der Waals surface area (Å²) in [6.45, 7) is 3.98. The maximum atomic E-state index is 12.7. The number of nitrogens with zero attached hydrogens (tertiary/aromatic N) is 3. The van der Waals surface area contributed by atoms with Gasteiger partial charge in [-0.3, -0.25) is 4.79 Å². The Balaban J connectivity index is 1.57. The third-order valence-corrected chi connectivity index (χ3v) is 5.66. The lowest BCUT2D eigenvalue weighted by Gasteiger charge is -2.14. The molecule has 0 aliphatic heterocycles. The Hall–Kier alpha value is -3.32. The lowest BCUT2D eigenvalue weighted by molar-refractivity contribution is -0.116. The second-order valence-electron chi connectivity index (χ2n) is 7.25. The van der Waals surface area contributed by atoms with Gasteiger partial charge in [0, 0.05) is 35.3 Å². The molecule has 31 heavy (non-hydrogen) atoms. The molecule has 0 unspecified atom stereocenters. The van der Waals surface area contributed by atoms with E-state index in [1.54, 1.807) is 12.1 Å². The monoisotopic (exact) mass is 438 g/mol. The summed E-state index contributed by atoms with van der Waals surface area (Å²) in [5, 5.41) is 8.99. The number of nitrogens with one attached hydrogen (secondary N) is 1. The maximum Gasteiger partial charge on any atom is 0.224 e. The Bertz CT molecular complexity index is 1300. The highest BCUT2D eigenvalue weighted by Crippen LogP contribution is 2.36. The third-order valence-electron chi connectivity index (χ3n) is 5.37. The zero-order valence-electron chi connectivity index (χ0n) is 17.8. The first-order valence-corrected chi connectivity index (χ1v) is 10.3. The van der Waals surface area contributed by atoms with Gasteiger partial charge in [0.15, 0.2) is 5.65 Å². The van der Waals surface area contributed by atoms with Crippen molar-refractivity contribution in [3.63, 3.8) is 0 Å². The maximum absolute atomic E-state index is 12.7. The molecule has 0 radical (unpaired) electrons. The summed E-state index contributed by atoms with van der Waals surface area (Å²) in [4.78, 5) is 17.4. The van der Waals surface area contributed by atoms with E-state index in [1.165, 1.54) is 14.2 Å². The molecule has 4 aromatic rings. The van der Waals surface area contributed by atoms with E-state index in [1.807, 2.05) is 42.6 Å². The number of carbonyl (C=O) groups is 1. The molecule has 1 N–H and O–H groups in total. The number of methoxy groups -OCH3 is 2. The van der Waals surface area contributed by atoms with Crippen LogP contribution in [0.2, 0.25) is 5.02 Å². The first-order chi connectivity index (χ1) is 14.9. The van der Waals surface area contributed by atoms with Crippen LogP contribution in [0.15, 0.2) is 36.4 Å². The number of anilines is 1. The number of fused-ring (bicyclic) bond motifs is 3. The zero-order valence-corrected chi connectivity index (χ0v) is 18.6. The van der Waals surface area contributed by atoms with Crippen molar-refractivity contribution in [3.8, 4) is 11.5 Å². The molecule has 0 fully saturated rings. The number of aromatic nitrogens is 3. The summed E-state index contributed by atoms with van der Waals surface area (Å²) < 4.78 is 12.4. The standard InChI is InChI=1S/C23H23ClN4O3/c1-13-15(14(2)28-23(25-13)16-7-5-6-8-18(16)27-28)9-10-22(29)26-19-12-20(30-3)17(24)11-21(19)31-4/h5-8,11-12H,9-10H2,1-4H3,(H,26,29). The van der Waals surface area contributed by atoms with Gasteiger partial charge >= 0.3 is 0 Å². The molecule has 0 aliphatic rings. The molecule has 2 aromatic heterocycles. The molecule has 0 saturated carbocycles. The van der Waals surface area contributed by atoms with Crippen molar-refractivity contribution in [2.24, 2.45) is 0 Å². The van der Waals surface area contributed by atoms with E-state index in [0.717, 1.165) is 33.5 Å². The minimum absolute atomic E-state index is 0.146. The fraction of sp³-hybridized carbons (Fsp3) is 0.261. The highest BCUT2D eigenvalue weighted by molar-refractivity contribution is 6.32. The van der Waals surface area contributed by atoms with Gasteiger partial charge < -0.3 is 14.8 Å². The van der Waals surface area contributed by atoms with E-state index < -0.39 is 0 Å². The van der Waals surface area contributed by atoms with Gasteiger partial charge in [-0.15, -0.1) is 0 Å². The van der Waals surface area contributed by atoms with Crippen molar-refractivity contribution in [2.75, 3.05) is 19.5 Å². The summed E-state index contributed by atoms with van der Waals surface area (Å²) in [6, 6.07) is 11.2. The van der Waals surface area contributed by atoms with E-state index in [0.29, 0.717) is 28.6 Å². The van der Waals surface area contributed by atoms with Crippen LogP contribution in [0.25, 0.3) is 16.6 Å². The Morgan fingerprint density at radius 1 is 1.13 bits per heavy atom. The topological polar surface area (TPSA) is 77.8 Å². The smallest absolute Gasteiger partial charge is 0.224 e. The molecule has 0 bridgehead atoms. The first kappa shape index (κ1) is 20.9. The van der Waals surface area contributed by atoms with Crippen LogP contribution >= 0.6 is 11.6 Å². The van der Waals surface area contributed by atoms with E-state index in [-0.39, 0.29) is 12.3 Å². The highest BCUT2D eigenvalue weighted by atomic mass is 35.5. The van der Waals surface area contributed by atoms with Crippen molar-refractivity contribution in [1.82, 2.24) is 14.6 Å². The largest absolute Gasteiger partial charge is 0.495 e. The molecule has 2 heterocycles. The number of benzene rings is 2. The van der Waals surface area contributed by atoms with Gasteiger partial charge in [0.2, 0.25) is 5.91 Å². The average molecular weight is 439 g/mol. The number of amides is 1. The quantitative estimate of drug-likeness (QED) is 0.470. The predicted molar refractivity (Wildman–Crippen MR) is 121 cm³/mol. The van der Waals surface area contributed by atoms with E-state index in [9.17, 15) is 4.79 Å². The Labute approximate surface area is 184 Å². The molecule has 8 heteroatoms. The van der Waals surface area contributed by atoms with E-state index >= 15 is 0 Å². The highest BCUT2D eigenvalue weighted by Gasteiger charge is 2.16. The molecular weight excluding hydrogens is 416 g/mol. The fourth-order valence-corrected chi connectivity index (χ4v) is 3.98. The second-order valence-corrected chi connectivity index (χ2v) is 7.66. The number of ether oxygens (including phenoxy) is 2. The second kappa shape index (κ2) is 8.43. The van der Waals surface area contributed by atoms with Crippen molar-refractivity contribution in [3.05, 3.63) is 58.4 Å². The Morgan fingerprint density at radius 3 is 2.61 bits per heavy atom. The van der Waals surface area contributed by atoms with Crippen LogP contribution in [0.3, 0.4) is 0 Å². The Morgan fingerprint density at radius 2 is 1.87 bits per heavy atom. The molecule has 4 rings (SSSR count). The third kappa shape index (κ3) is 3.88. The van der Waals surface area contributed by atoms with Crippen molar-refractivity contribution in [1.29, 1.82) is 0 Å². The van der Waals surface area contributed by atoms with Crippen LogP contribution in [-0.4, -0.2) is 34.7 Å². The van der Waals surface area contributed by atoms with E-state index in [4.69, 9.17) is 26.1 Å². The molecular formula is C23H23ClN4O3. The van der Waals surface area contributed by atoms with Gasteiger partial charge in [0.25, 0.3) is 0 Å². The van der Waals surface area contributed by atoms with Crippen LogP contribution < -0.4 is 14.8 Å². The molecule has 0 saturated heterocycles. The molecule has 1 amide bonds. The zero-order chi connectivity index (χ0) is 22.1. The average Bonchev–Trinajstić information content (AvgIpc) is 3.13. The fourth-order valence-electron chi connectivity index (χ4n) is 3.75. The summed E-state index contributed by atoms with van der Waals surface area (Å²) in [7, 11) is 3.04. The number of hydrogen-bond acceptors (Lipinski definition) is 5. The lowest BCUT2D eigenvalue weighted by Crippen LogP contribution is -2.15. The molecule has 0 atom stereocenters. The number of carbonyl (C=O) groups excluding carboxylic acids is 1. The summed E-state index contributed by atoms with van der Waals surface area (Å²) in [5.74, 6) is 0.787. The molecule has 2 aromatic carbocycles. The van der Waals surface area contributed by atoms with Crippen LogP contribution in [0.1, 0.15) is 23.4 Å². The normalized spacial score (nSPS) is 11.1. The van der Waals surface area contributed by atoms with Gasteiger partial charge in [-0.2, -0.15) is 5.10 Å². The van der Waals surface area contributed by atoms with Crippen molar-refractivity contribution in [2.45, 2.75) is 26.7 Å². The number of rotatable bonds is 6. The summed E-state index contributed by atoms with van der Waals surface area (Å²) in [6.07, 6.45) is 0.819. The number of halogens is 1. The molecule has 160 valence electrons. The van der Waals surface area contributed by atoms with Crippen molar-refractivity contribution >= 4 is 39.7 Å². The van der Waals surface area contributed by atoms with E-state index in [2.05, 4.69) is 10.4 Å². The minimum Gasteiger partial charge on any atom is -0.495 e. The number of aryl methyl sites for hydroxylation is 2. The van der Waals surface area contributed by atoms with Crippen LogP contribution in [0.5, 0.6) is 11.5 Å². The first-order valence-electron chi connectivity index (χ1n) is 9.88. The molecule has 7 nitrogen and oxygen atoms in total. The van der Waals surface area contributed by atoms with Gasteiger partial charge in [-0.05, 0) is 38.0 Å². The van der Waals surface area contributed by atoms with Gasteiger partial charge in [0.1, 0.15) is 11.5 Å². The van der Waals surface area contributed by atoms with Crippen LogP contribution in [-0.2, 0) is 11.2 Å². The van der Waals surface area contributed by atoms with Crippen LogP contribution in [0.4, 0.5) is 5.69 Å². The molecule has 0 spiro atoms. The van der Waals surface area contributed by atoms with Gasteiger partial charge in [-0.1, -0.05) is 23.7 Å². The van der Waals surface area contributed by atoms with Crippen LogP contribution in [0, 0.1) is 13.8 Å². The lowest BCUT2D eigenvalue weighted by atomic mass is 10.1. The molecule has 0 aliphatic carbocycles. The SMILES string of the molecule is COc1cc(NC(=O)CCc2c(C)nc3c4ccccc4nn3c2C)c(OC)cc1Cl. The predicted octanol–water partition coefficient (Wildman–Crippen LogP) is 4.74. The van der Waals surface area contributed by atoms with Gasteiger partial charge in [-0.25, -0.2) is 9.50 Å². The van der Waals surface area contributed by atoms with Crippen molar-refractivity contribution < 1.29 is 14.3 Å². The summed E-state index contributed by atoms with van der Waals surface area (Å²) >= 11 is 6.14. The van der Waals surface area contributed by atoms with Gasteiger partial charge in [0.05, 0.1) is 30.4 Å².